The zero-order valence-corrected chi connectivity index (χ0v) is 23.3. The second-order valence-electron chi connectivity index (χ2n) is 8.03. The molecule has 37 heavy (non-hydrogen) atoms. The highest BCUT2D eigenvalue weighted by Crippen LogP contribution is 2.30. The number of hydrogen-bond acceptors (Lipinski definition) is 6. The van der Waals surface area contributed by atoms with Crippen molar-refractivity contribution in [3.8, 4) is 5.75 Å². The van der Waals surface area contributed by atoms with Crippen LogP contribution >= 0.6 is 45.2 Å². The first-order valence-corrected chi connectivity index (χ1v) is 13.1. The van der Waals surface area contributed by atoms with Crippen LogP contribution in [0, 0.1) is 17.3 Å². The van der Waals surface area contributed by atoms with Crippen LogP contribution in [0.4, 0.5) is 5.69 Å². The molecule has 0 saturated carbocycles. The summed E-state index contributed by atoms with van der Waals surface area (Å²) in [5.74, 6) is 0.232. The Labute approximate surface area is 238 Å². The van der Waals surface area contributed by atoms with Crippen LogP contribution in [0.25, 0.3) is 21.7 Å². The predicted octanol–water partition coefficient (Wildman–Crippen LogP) is 7.05. The molecule has 0 bridgehead atoms. The number of hydrogen-bond donors (Lipinski definition) is 1. The van der Waals surface area contributed by atoms with Crippen molar-refractivity contribution in [2.45, 2.75) is 6.61 Å². The monoisotopic (exact) mass is 717 g/mol. The van der Waals surface area contributed by atoms with Gasteiger partial charge in [0, 0.05) is 17.5 Å². The SMILES string of the molecule is O=C(N/N=C\c1cc(I)c(OCc2cccc3ccccc23)c(I)c1)c1cc2cc([N+](=O)[O-])ccc2o1. The molecule has 10 heteroatoms. The van der Waals surface area contributed by atoms with Crippen LogP contribution < -0.4 is 10.2 Å². The number of furan rings is 1. The third kappa shape index (κ3) is 5.59. The number of amides is 1. The van der Waals surface area contributed by atoms with Crippen LogP contribution in [0.15, 0.2) is 88.4 Å². The van der Waals surface area contributed by atoms with Gasteiger partial charge in [-0.3, -0.25) is 14.9 Å². The lowest BCUT2D eigenvalue weighted by Gasteiger charge is -2.13. The molecule has 8 nitrogen and oxygen atoms in total. The quantitative estimate of drug-likeness (QED) is 0.0842. The number of ether oxygens (including phenoxy) is 1. The van der Waals surface area contributed by atoms with E-state index in [0.29, 0.717) is 17.6 Å². The first kappa shape index (κ1) is 25.1. The van der Waals surface area contributed by atoms with E-state index in [2.05, 4.69) is 80.0 Å². The minimum atomic E-state index is -0.561. The zero-order valence-electron chi connectivity index (χ0n) is 19.0. The van der Waals surface area contributed by atoms with E-state index in [1.54, 1.807) is 0 Å². The van der Waals surface area contributed by atoms with Gasteiger partial charge in [-0.05, 0) is 91.3 Å². The molecule has 5 rings (SSSR count). The van der Waals surface area contributed by atoms with Crippen LogP contribution in [-0.2, 0) is 6.61 Å². The predicted molar refractivity (Wildman–Crippen MR) is 158 cm³/mol. The van der Waals surface area contributed by atoms with Crippen molar-refractivity contribution >= 4 is 84.7 Å². The van der Waals surface area contributed by atoms with Gasteiger partial charge in [0.2, 0.25) is 0 Å². The summed E-state index contributed by atoms with van der Waals surface area (Å²) in [6, 6.07) is 23.8. The van der Waals surface area contributed by atoms with E-state index in [1.807, 2.05) is 30.3 Å². The number of hydrazone groups is 1. The number of carbonyl (C=O) groups excluding carboxylic acids is 1. The van der Waals surface area contributed by atoms with Crippen molar-refractivity contribution < 1.29 is 18.9 Å². The summed E-state index contributed by atoms with van der Waals surface area (Å²) in [6.07, 6.45) is 1.53. The van der Waals surface area contributed by atoms with Gasteiger partial charge in [0.15, 0.2) is 5.76 Å². The number of non-ortho nitro benzene ring substituents is 1. The molecule has 0 saturated heterocycles. The summed E-state index contributed by atoms with van der Waals surface area (Å²) < 4.78 is 13.5. The molecule has 0 aliphatic rings. The van der Waals surface area contributed by atoms with Crippen molar-refractivity contribution in [3.63, 3.8) is 0 Å². The number of halogens is 2. The number of carbonyl (C=O) groups is 1. The minimum absolute atomic E-state index is 0.00833. The maximum Gasteiger partial charge on any atom is 0.307 e. The van der Waals surface area contributed by atoms with E-state index in [-0.39, 0.29) is 11.4 Å². The highest BCUT2D eigenvalue weighted by Gasteiger charge is 2.15. The number of nitrogens with zero attached hydrogens (tertiary/aromatic N) is 2. The van der Waals surface area contributed by atoms with Gasteiger partial charge in [-0.15, -0.1) is 0 Å². The summed E-state index contributed by atoms with van der Waals surface area (Å²) in [5, 5.41) is 17.8. The molecule has 1 amide bonds. The molecule has 0 spiro atoms. The third-order valence-electron chi connectivity index (χ3n) is 5.59. The highest BCUT2D eigenvalue weighted by atomic mass is 127. The minimum Gasteiger partial charge on any atom is -0.487 e. The van der Waals surface area contributed by atoms with Gasteiger partial charge in [0.05, 0.1) is 18.3 Å². The second-order valence-corrected chi connectivity index (χ2v) is 10.4. The number of nitro benzene ring substituents is 1. The van der Waals surface area contributed by atoms with E-state index in [1.165, 1.54) is 35.9 Å². The normalized spacial score (nSPS) is 11.3. The van der Waals surface area contributed by atoms with Gasteiger partial charge < -0.3 is 9.15 Å². The number of fused-ring (bicyclic) bond motifs is 2. The molecule has 4 aromatic carbocycles. The van der Waals surface area contributed by atoms with Gasteiger partial charge in [-0.1, -0.05) is 42.5 Å². The second kappa shape index (κ2) is 10.8. The topological polar surface area (TPSA) is 107 Å². The van der Waals surface area contributed by atoms with Gasteiger partial charge in [0.1, 0.15) is 17.9 Å². The van der Waals surface area contributed by atoms with E-state index in [9.17, 15) is 14.9 Å². The molecule has 0 aliphatic carbocycles. The summed E-state index contributed by atoms with van der Waals surface area (Å²) in [6.45, 7) is 0.442. The number of nitrogens with one attached hydrogen (secondary N) is 1. The zero-order chi connectivity index (χ0) is 25.9. The summed E-state index contributed by atoms with van der Waals surface area (Å²) in [5.41, 5.74) is 4.62. The molecular weight excluding hydrogens is 700 g/mol. The number of nitro groups is 1. The lowest BCUT2D eigenvalue weighted by atomic mass is 10.1. The molecule has 5 aromatic rings. The largest absolute Gasteiger partial charge is 0.487 e. The van der Waals surface area contributed by atoms with Gasteiger partial charge in [-0.2, -0.15) is 5.10 Å². The maximum absolute atomic E-state index is 12.4. The molecule has 184 valence electrons. The summed E-state index contributed by atoms with van der Waals surface area (Å²) >= 11 is 4.44. The van der Waals surface area contributed by atoms with Crippen LogP contribution in [0.3, 0.4) is 0 Å². The van der Waals surface area contributed by atoms with E-state index < -0.39 is 10.8 Å². The van der Waals surface area contributed by atoms with Crippen LogP contribution in [0.1, 0.15) is 21.7 Å². The van der Waals surface area contributed by atoms with Crippen molar-refractivity contribution in [2.24, 2.45) is 5.10 Å². The van der Waals surface area contributed by atoms with Crippen molar-refractivity contribution in [3.05, 3.63) is 113 Å². The van der Waals surface area contributed by atoms with Gasteiger partial charge in [0.25, 0.3) is 5.69 Å². The van der Waals surface area contributed by atoms with Crippen LogP contribution in [-0.4, -0.2) is 17.0 Å². The van der Waals surface area contributed by atoms with Crippen LogP contribution in [0.5, 0.6) is 5.75 Å². The molecule has 0 atom stereocenters. The molecule has 0 fully saturated rings. The average Bonchev–Trinajstić information content (AvgIpc) is 3.32. The Morgan fingerprint density at radius 3 is 2.54 bits per heavy atom. The van der Waals surface area contributed by atoms with E-state index in [0.717, 1.165) is 29.4 Å². The third-order valence-corrected chi connectivity index (χ3v) is 7.19. The Kier molecular flexibility index (Phi) is 7.37. The fourth-order valence-corrected chi connectivity index (χ4v) is 5.96. The fourth-order valence-electron chi connectivity index (χ4n) is 3.84. The molecule has 0 radical (unpaired) electrons. The van der Waals surface area contributed by atoms with Crippen LogP contribution in [0.2, 0.25) is 0 Å². The Hall–Kier alpha value is -3.52. The number of rotatable bonds is 7. The Morgan fingerprint density at radius 2 is 1.76 bits per heavy atom. The first-order chi connectivity index (χ1) is 17.9. The lowest BCUT2D eigenvalue weighted by Crippen LogP contribution is -2.16. The Morgan fingerprint density at radius 1 is 1.00 bits per heavy atom. The first-order valence-electron chi connectivity index (χ1n) is 11.0. The average molecular weight is 717 g/mol. The smallest absolute Gasteiger partial charge is 0.307 e. The van der Waals surface area contributed by atoms with Gasteiger partial charge in [-0.25, -0.2) is 5.43 Å². The van der Waals surface area contributed by atoms with Gasteiger partial charge >= 0.3 is 5.91 Å². The Balaban J connectivity index is 1.26. The molecule has 1 N–H and O–H groups in total. The molecular formula is C27H17I2N3O5. The number of benzene rings is 4. The summed E-state index contributed by atoms with van der Waals surface area (Å²) in [7, 11) is 0. The van der Waals surface area contributed by atoms with E-state index in [4.69, 9.17) is 9.15 Å². The van der Waals surface area contributed by atoms with Crippen molar-refractivity contribution in [2.75, 3.05) is 0 Å². The summed E-state index contributed by atoms with van der Waals surface area (Å²) in [4.78, 5) is 22.9. The molecule has 0 aliphatic heterocycles. The van der Waals surface area contributed by atoms with Crippen molar-refractivity contribution in [1.82, 2.24) is 5.43 Å². The fraction of sp³-hybridized carbons (Fsp3) is 0.0370. The Bertz CT molecular complexity index is 1670. The molecule has 1 aromatic heterocycles. The van der Waals surface area contributed by atoms with Crippen molar-refractivity contribution in [1.29, 1.82) is 0 Å². The molecule has 1 heterocycles. The van der Waals surface area contributed by atoms with E-state index >= 15 is 0 Å². The maximum atomic E-state index is 12.4. The standard InChI is InChI=1S/C27H17I2N3O5/c28-22-10-16(11-23(29)26(22)36-15-18-6-3-5-17-4-1-2-7-21(17)18)14-30-31-27(33)25-13-19-12-20(32(34)35)8-9-24(19)37-25/h1-14H,15H2,(H,31,33)/b30-14-. The lowest BCUT2D eigenvalue weighted by molar-refractivity contribution is -0.384. The molecule has 0 unspecified atom stereocenters. The highest BCUT2D eigenvalue weighted by molar-refractivity contribution is 14.1.